The molecule has 1 rings (SSSR count). The number of halogens is 2. The standard InChI is InChI=1S/C11H12F2N2O3/c1-3-18-10(17)11(12,13)9(16)15-8-6-4-5-7(2)14-8/h4-6H,3H2,1-2H3,(H,14,15,16). The summed E-state index contributed by atoms with van der Waals surface area (Å²) < 4.78 is 30.7. The largest absolute Gasteiger partial charge is 0.461 e. The second kappa shape index (κ2) is 5.52. The molecule has 1 aromatic heterocycles. The zero-order chi connectivity index (χ0) is 13.8. The lowest BCUT2D eigenvalue weighted by Gasteiger charge is -2.14. The predicted octanol–water partition coefficient (Wildman–Crippen LogP) is 1.53. The Balaban J connectivity index is 2.79. The summed E-state index contributed by atoms with van der Waals surface area (Å²) in [6.07, 6.45) is 0. The Hall–Kier alpha value is -2.05. The molecule has 7 heteroatoms. The fourth-order valence-corrected chi connectivity index (χ4v) is 1.12. The van der Waals surface area contributed by atoms with Crippen molar-refractivity contribution >= 4 is 17.7 Å². The number of esters is 1. The van der Waals surface area contributed by atoms with Crippen LogP contribution < -0.4 is 5.32 Å². The zero-order valence-electron chi connectivity index (χ0n) is 9.87. The molecule has 1 N–H and O–H groups in total. The molecular formula is C11H12F2N2O3. The summed E-state index contributed by atoms with van der Waals surface area (Å²) in [4.78, 5) is 26.0. The number of aromatic nitrogens is 1. The van der Waals surface area contributed by atoms with Crippen molar-refractivity contribution in [2.45, 2.75) is 19.8 Å². The van der Waals surface area contributed by atoms with Gasteiger partial charge in [0.05, 0.1) is 6.61 Å². The van der Waals surface area contributed by atoms with Crippen LogP contribution in [0.4, 0.5) is 14.6 Å². The molecule has 0 saturated heterocycles. The smallest absolute Gasteiger partial charge is 0.419 e. The highest BCUT2D eigenvalue weighted by molar-refractivity contribution is 6.09. The summed E-state index contributed by atoms with van der Waals surface area (Å²) in [5, 5.41) is 1.86. The van der Waals surface area contributed by atoms with E-state index in [0.29, 0.717) is 5.69 Å². The normalized spacial score (nSPS) is 10.9. The van der Waals surface area contributed by atoms with Gasteiger partial charge in [-0.25, -0.2) is 9.78 Å². The van der Waals surface area contributed by atoms with Crippen LogP contribution >= 0.6 is 0 Å². The monoisotopic (exact) mass is 258 g/mol. The van der Waals surface area contributed by atoms with E-state index in [9.17, 15) is 18.4 Å². The van der Waals surface area contributed by atoms with E-state index in [1.165, 1.54) is 13.0 Å². The Morgan fingerprint density at radius 3 is 2.67 bits per heavy atom. The third-order valence-corrected chi connectivity index (χ3v) is 1.95. The van der Waals surface area contributed by atoms with Crippen LogP contribution in [0.15, 0.2) is 18.2 Å². The van der Waals surface area contributed by atoms with Gasteiger partial charge in [0, 0.05) is 5.69 Å². The van der Waals surface area contributed by atoms with Crippen molar-refractivity contribution in [3.8, 4) is 0 Å². The van der Waals surface area contributed by atoms with E-state index in [-0.39, 0.29) is 12.4 Å². The Bertz CT molecular complexity index is 463. The number of aryl methyl sites for hydroxylation is 1. The number of anilines is 1. The van der Waals surface area contributed by atoms with Gasteiger partial charge >= 0.3 is 17.8 Å². The molecule has 0 aromatic carbocycles. The molecule has 0 fully saturated rings. The number of pyridine rings is 1. The Labute approximate surface area is 102 Å². The molecule has 5 nitrogen and oxygen atoms in total. The maximum absolute atomic E-state index is 13.3. The van der Waals surface area contributed by atoms with Crippen molar-refractivity contribution < 1.29 is 23.1 Å². The average Bonchev–Trinajstić information content (AvgIpc) is 2.29. The third kappa shape index (κ3) is 3.22. The fraction of sp³-hybridized carbons (Fsp3) is 0.364. The number of carbonyl (C=O) groups is 2. The van der Waals surface area contributed by atoms with Gasteiger partial charge in [0.15, 0.2) is 0 Å². The molecule has 0 aliphatic carbocycles. The minimum absolute atomic E-state index is 0.0519. The van der Waals surface area contributed by atoms with Crippen molar-refractivity contribution in [2.24, 2.45) is 0 Å². The van der Waals surface area contributed by atoms with Crippen LogP contribution in [0.25, 0.3) is 0 Å². The van der Waals surface area contributed by atoms with Crippen molar-refractivity contribution in [2.75, 3.05) is 11.9 Å². The van der Waals surface area contributed by atoms with Gasteiger partial charge in [-0.15, -0.1) is 0 Å². The van der Waals surface area contributed by atoms with Crippen molar-refractivity contribution in [3.05, 3.63) is 23.9 Å². The van der Waals surface area contributed by atoms with Crippen LogP contribution in [-0.2, 0) is 14.3 Å². The molecule has 0 unspecified atom stereocenters. The number of hydrogen-bond donors (Lipinski definition) is 1. The first-order chi connectivity index (χ1) is 8.37. The maximum Gasteiger partial charge on any atom is 0.419 e. The first-order valence-electron chi connectivity index (χ1n) is 5.18. The van der Waals surface area contributed by atoms with Gasteiger partial charge < -0.3 is 10.1 Å². The number of carbonyl (C=O) groups excluding carboxylic acids is 2. The van der Waals surface area contributed by atoms with Crippen LogP contribution in [0.5, 0.6) is 0 Å². The molecule has 0 aliphatic rings. The summed E-state index contributed by atoms with van der Waals surface area (Å²) in [7, 11) is 0. The molecule has 0 spiro atoms. The molecule has 0 aliphatic heterocycles. The van der Waals surface area contributed by atoms with Gasteiger partial charge in [-0.1, -0.05) is 6.07 Å². The number of ether oxygens (including phenoxy) is 1. The zero-order valence-corrected chi connectivity index (χ0v) is 9.87. The van der Waals surface area contributed by atoms with Gasteiger partial charge in [-0.05, 0) is 26.0 Å². The molecule has 0 radical (unpaired) electrons. The van der Waals surface area contributed by atoms with Crippen LogP contribution in [0.1, 0.15) is 12.6 Å². The number of amides is 1. The summed E-state index contributed by atoms with van der Waals surface area (Å²) in [6, 6.07) is 4.52. The van der Waals surface area contributed by atoms with Gasteiger partial charge in [0.25, 0.3) is 0 Å². The molecule has 1 heterocycles. The van der Waals surface area contributed by atoms with Crippen LogP contribution in [0.2, 0.25) is 0 Å². The first kappa shape index (κ1) is 14.0. The highest BCUT2D eigenvalue weighted by Gasteiger charge is 2.49. The molecule has 98 valence electrons. The van der Waals surface area contributed by atoms with Crippen molar-refractivity contribution in [3.63, 3.8) is 0 Å². The predicted molar refractivity (Wildman–Crippen MR) is 59.2 cm³/mol. The topological polar surface area (TPSA) is 68.3 Å². The maximum atomic E-state index is 13.3. The van der Waals surface area contributed by atoms with Crippen LogP contribution in [-0.4, -0.2) is 29.4 Å². The van der Waals surface area contributed by atoms with Gasteiger partial charge in [-0.2, -0.15) is 8.78 Å². The highest BCUT2D eigenvalue weighted by atomic mass is 19.3. The molecule has 1 aromatic rings. The number of alkyl halides is 2. The quantitative estimate of drug-likeness (QED) is 0.656. The van der Waals surface area contributed by atoms with Gasteiger partial charge in [0.1, 0.15) is 5.82 Å². The SMILES string of the molecule is CCOC(=O)C(F)(F)C(=O)Nc1cccc(C)n1. The second-order valence-electron chi connectivity index (χ2n) is 3.41. The molecule has 0 atom stereocenters. The lowest BCUT2D eigenvalue weighted by Crippen LogP contribution is -2.43. The third-order valence-electron chi connectivity index (χ3n) is 1.95. The molecule has 1 amide bonds. The highest BCUT2D eigenvalue weighted by Crippen LogP contribution is 2.18. The number of hydrogen-bond acceptors (Lipinski definition) is 4. The lowest BCUT2D eigenvalue weighted by molar-refractivity contribution is -0.175. The Morgan fingerprint density at radius 1 is 1.44 bits per heavy atom. The number of rotatable bonds is 4. The number of nitrogens with one attached hydrogen (secondary N) is 1. The molecule has 0 bridgehead atoms. The van der Waals surface area contributed by atoms with Crippen molar-refractivity contribution in [1.82, 2.24) is 4.98 Å². The van der Waals surface area contributed by atoms with E-state index in [1.807, 2.05) is 5.32 Å². The second-order valence-corrected chi connectivity index (χ2v) is 3.41. The molecule has 18 heavy (non-hydrogen) atoms. The van der Waals surface area contributed by atoms with Crippen molar-refractivity contribution in [1.29, 1.82) is 0 Å². The summed E-state index contributed by atoms with van der Waals surface area (Å²) in [5.74, 6) is -7.93. The van der Waals surface area contributed by atoms with Crippen LogP contribution in [0.3, 0.4) is 0 Å². The first-order valence-corrected chi connectivity index (χ1v) is 5.18. The van der Waals surface area contributed by atoms with E-state index >= 15 is 0 Å². The number of nitrogens with zero attached hydrogens (tertiary/aromatic N) is 1. The minimum atomic E-state index is -4.23. The van der Waals surface area contributed by atoms with Crippen LogP contribution in [0, 0.1) is 6.92 Å². The molecule has 0 saturated carbocycles. The lowest BCUT2D eigenvalue weighted by atomic mass is 10.3. The van der Waals surface area contributed by atoms with E-state index in [2.05, 4.69) is 9.72 Å². The summed E-state index contributed by atoms with van der Waals surface area (Å²) >= 11 is 0. The van der Waals surface area contributed by atoms with Gasteiger partial charge in [0.2, 0.25) is 0 Å². The van der Waals surface area contributed by atoms with E-state index < -0.39 is 17.8 Å². The summed E-state index contributed by atoms with van der Waals surface area (Å²) in [5.41, 5.74) is 0.548. The van der Waals surface area contributed by atoms with E-state index in [4.69, 9.17) is 0 Å². The molecular weight excluding hydrogens is 246 g/mol. The summed E-state index contributed by atoms with van der Waals surface area (Å²) in [6.45, 7) is 2.78. The fourth-order valence-electron chi connectivity index (χ4n) is 1.12. The Kier molecular flexibility index (Phi) is 4.30. The Morgan fingerprint density at radius 2 is 2.11 bits per heavy atom. The van der Waals surface area contributed by atoms with Gasteiger partial charge in [-0.3, -0.25) is 4.79 Å². The average molecular weight is 258 g/mol. The minimum Gasteiger partial charge on any atom is -0.461 e. The van der Waals surface area contributed by atoms with E-state index in [1.54, 1.807) is 19.1 Å². The van der Waals surface area contributed by atoms with E-state index in [0.717, 1.165) is 0 Å².